The lowest BCUT2D eigenvalue weighted by atomic mass is 10.0. The molecule has 0 bridgehead atoms. The molecule has 41 heavy (non-hydrogen) atoms. The predicted molar refractivity (Wildman–Crippen MR) is 153 cm³/mol. The summed E-state index contributed by atoms with van der Waals surface area (Å²) in [5.74, 6) is 0.231. The van der Waals surface area contributed by atoms with Crippen molar-refractivity contribution in [2.75, 3.05) is 19.3 Å². The minimum Gasteiger partial charge on any atom is -0.457 e. The highest BCUT2D eigenvalue weighted by molar-refractivity contribution is 5.99. The summed E-state index contributed by atoms with van der Waals surface area (Å²) in [6.45, 7) is 4.59. The summed E-state index contributed by atoms with van der Waals surface area (Å²) < 4.78 is 22.9. The lowest BCUT2D eigenvalue weighted by molar-refractivity contribution is -0.127. The highest BCUT2D eigenvalue weighted by Gasteiger charge is 2.33. The summed E-state index contributed by atoms with van der Waals surface area (Å²) in [5, 5.41) is 18.0. The van der Waals surface area contributed by atoms with Crippen molar-refractivity contribution in [3.05, 3.63) is 72.3 Å². The van der Waals surface area contributed by atoms with Gasteiger partial charge in [-0.3, -0.25) is 4.79 Å². The van der Waals surface area contributed by atoms with Gasteiger partial charge in [0.1, 0.15) is 46.8 Å². The van der Waals surface area contributed by atoms with Crippen LogP contribution < -0.4 is 15.8 Å². The van der Waals surface area contributed by atoms with Crippen LogP contribution in [-0.4, -0.2) is 55.7 Å². The number of aromatic nitrogens is 4. The first-order valence-electron chi connectivity index (χ1n) is 13.3. The van der Waals surface area contributed by atoms with Crippen molar-refractivity contribution in [3.8, 4) is 28.8 Å². The van der Waals surface area contributed by atoms with Crippen molar-refractivity contribution in [1.82, 2.24) is 30.0 Å². The monoisotopic (exact) mass is 554 g/mol. The maximum absolute atomic E-state index is 15.5. The van der Waals surface area contributed by atoms with Crippen LogP contribution in [0, 0.1) is 17.1 Å². The van der Waals surface area contributed by atoms with Crippen molar-refractivity contribution >= 4 is 22.8 Å². The van der Waals surface area contributed by atoms with Gasteiger partial charge in [0.25, 0.3) is 5.91 Å². The smallest absolute Gasteiger partial charge is 0.264 e. The number of halogens is 1. The maximum atomic E-state index is 15.5. The van der Waals surface area contributed by atoms with Crippen molar-refractivity contribution in [1.29, 1.82) is 5.26 Å². The molecule has 11 heteroatoms. The molecule has 2 aromatic heterocycles. The van der Waals surface area contributed by atoms with Gasteiger partial charge >= 0.3 is 0 Å². The van der Waals surface area contributed by atoms with Gasteiger partial charge < -0.3 is 20.7 Å². The molecular weight excluding hydrogens is 523 g/mol. The van der Waals surface area contributed by atoms with Gasteiger partial charge in [0.2, 0.25) is 0 Å². The normalized spacial score (nSPS) is 15.7. The third-order valence-corrected chi connectivity index (χ3v) is 7.26. The van der Waals surface area contributed by atoms with E-state index in [9.17, 15) is 10.1 Å². The Balaban J connectivity index is 1.47. The first-order valence-corrected chi connectivity index (χ1v) is 13.3. The lowest BCUT2D eigenvalue weighted by Gasteiger charge is -2.26. The maximum Gasteiger partial charge on any atom is 0.264 e. The fraction of sp³-hybridized carbons (Fsp3) is 0.300. The highest BCUT2D eigenvalue weighted by atomic mass is 19.1. The number of likely N-dealkylation sites (N-methyl/N-ethyl adjacent to an activating group) is 1. The molecule has 1 saturated heterocycles. The van der Waals surface area contributed by atoms with E-state index in [1.807, 2.05) is 32.0 Å². The number of likely N-dealkylation sites (tertiary alicyclic amines) is 1. The van der Waals surface area contributed by atoms with Crippen LogP contribution in [0.15, 0.2) is 66.5 Å². The zero-order valence-corrected chi connectivity index (χ0v) is 23.1. The van der Waals surface area contributed by atoms with Crippen LogP contribution in [-0.2, 0) is 11.3 Å². The molecular formula is C30H31FN8O2. The standard InChI is InChI=1S/C30H31FN8O2/c1-30(2,34-3)15-19(16-32)29(40)38-13-7-8-20(38)17-39-28-25(27(33)35-18-36-28)26(37-39)23-12-11-22(14-24(23)31)41-21-9-5-4-6-10-21/h4-6,9-12,14-15,18,20,34H,7-8,13,17H2,1-3H3,(H2,33,35,36)/b19-15+. The minimum atomic E-state index is -0.540. The second kappa shape index (κ2) is 11.3. The van der Waals surface area contributed by atoms with Crippen molar-refractivity contribution < 1.29 is 13.9 Å². The molecule has 10 nitrogen and oxygen atoms in total. The van der Waals surface area contributed by atoms with Crippen LogP contribution in [0.25, 0.3) is 22.3 Å². The number of hydrogen-bond donors (Lipinski definition) is 2. The summed E-state index contributed by atoms with van der Waals surface area (Å²) in [6.07, 6.45) is 4.48. The summed E-state index contributed by atoms with van der Waals surface area (Å²) in [5.41, 5.74) is 6.74. The van der Waals surface area contributed by atoms with Crippen LogP contribution in [0.4, 0.5) is 10.2 Å². The number of benzene rings is 2. The number of amides is 1. The van der Waals surface area contributed by atoms with Gasteiger partial charge in [-0.2, -0.15) is 10.4 Å². The molecule has 0 aliphatic carbocycles. The topological polar surface area (TPSA) is 135 Å². The van der Waals surface area contributed by atoms with Crippen LogP contribution >= 0.6 is 0 Å². The number of nitrogens with zero attached hydrogens (tertiary/aromatic N) is 6. The quantitative estimate of drug-likeness (QED) is 0.241. The number of nitriles is 1. The Kier molecular flexibility index (Phi) is 7.68. The molecule has 1 fully saturated rings. The number of anilines is 1. The molecule has 1 aliphatic heterocycles. The molecule has 0 saturated carbocycles. The average molecular weight is 555 g/mol. The van der Waals surface area contributed by atoms with Gasteiger partial charge in [0.05, 0.1) is 18.0 Å². The molecule has 3 heterocycles. The number of fused-ring (bicyclic) bond motifs is 1. The summed E-state index contributed by atoms with van der Waals surface area (Å²) >= 11 is 0. The summed E-state index contributed by atoms with van der Waals surface area (Å²) in [7, 11) is 1.77. The first-order chi connectivity index (χ1) is 19.7. The van der Waals surface area contributed by atoms with E-state index in [2.05, 4.69) is 21.4 Å². The third-order valence-electron chi connectivity index (χ3n) is 7.26. The largest absolute Gasteiger partial charge is 0.457 e. The highest BCUT2D eigenvalue weighted by Crippen LogP contribution is 2.35. The number of nitrogens with two attached hydrogens (primary N) is 1. The van der Waals surface area contributed by atoms with Crippen LogP contribution in [0.1, 0.15) is 26.7 Å². The Morgan fingerprint density at radius 2 is 2.02 bits per heavy atom. The van der Waals surface area contributed by atoms with Crippen molar-refractivity contribution in [2.24, 2.45) is 0 Å². The first kappa shape index (κ1) is 27.7. The van der Waals surface area contributed by atoms with E-state index in [0.29, 0.717) is 41.3 Å². The number of ether oxygens (including phenoxy) is 1. The predicted octanol–water partition coefficient (Wildman–Crippen LogP) is 4.45. The summed E-state index contributed by atoms with van der Waals surface area (Å²) in [4.78, 5) is 23.6. The number of carbonyl (C=O) groups excluding carboxylic acids is 1. The summed E-state index contributed by atoms with van der Waals surface area (Å²) in [6, 6.07) is 15.5. The van der Waals surface area contributed by atoms with E-state index >= 15 is 4.39 Å². The molecule has 2 aromatic carbocycles. The number of rotatable bonds is 8. The number of para-hydroxylation sites is 1. The fourth-order valence-electron chi connectivity index (χ4n) is 4.94. The average Bonchev–Trinajstić information content (AvgIpc) is 3.58. The Morgan fingerprint density at radius 3 is 2.73 bits per heavy atom. The Bertz CT molecular complexity index is 1660. The van der Waals surface area contributed by atoms with Gasteiger partial charge in [-0.25, -0.2) is 19.0 Å². The fourth-order valence-corrected chi connectivity index (χ4v) is 4.94. The molecule has 0 spiro atoms. The van der Waals surface area contributed by atoms with E-state index in [4.69, 9.17) is 15.6 Å². The van der Waals surface area contributed by atoms with Crippen molar-refractivity contribution in [3.63, 3.8) is 0 Å². The van der Waals surface area contributed by atoms with E-state index in [0.717, 1.165) is 12.8 Å². The number of nitrogens with one attached hydrogen (secondary N) is 1. The van der Waals surface area contributed by atoms with Gasteiger partial charge in [-0.05, 0) is 64.1 Å². The Labute approximate surface area is 237 Å². The zero-order valence-electron chi connectivity index (χ0n) is 23.1. The molecule has 1 unspecified atom stereocenters. The molecule has 1 aliphatic rings. The van der Waals surface area contributed by atoms with Gasteiger partial charge in [0, 0.05) is 23.7 Å². The molecule has 1 amide bonds. The molecule has 3 N–H and O–H groups in total. The molecule has 1 atom stereocenters. The van der Waals surface area contributed by atoms with Crippen LogP contribution in [0.2, 0.25) is 0 Å². The molecule has 4 aromatic rings. The number of hydrogen-bond acceptors (Lipinski definition) is 8. The van der Waals surface area contributed by atoms with Crippen LogP contribution in [0.5, 0.6) is 11.5 Å². The van der Waals surface area contributed by atoms with Crippen molar-refractivity contribution in [2.45, 2.75) is 44.8 Å². The minimum absolute atomic E-state index is 0.0775. The third kappa shape index (κ3) is 5.73. The SMILES string of the molecule is CNC(C)(C)/C=C(\C#N)C(=O)N1CCCC1Cn1nc(-c2ccc(Oc3ccccc3)cc2F)c2c(N)ncnc21. The molecule has 5 rings (SSSR count). The van der Waals surface area contributed by atoms with E-state index in [1.165, 1.54) is 12.4 Å². The Hall–Kier alpha value is -4.82. The number of nitrogen functional groups attached to an aromatic ring is 1. The van der Waals surface area contributed by atoms with Crippen LogP contribution in [0.3, 0.4) is 0 Å². The van der Waals surface area contributed by atoms with E-state index in [-0.39, 0.29) is 28.9 Å². The zero-order chi connectivity index (χ0) is 29.1. The lowest BCUT2D eigenvalue weighted by Crippen LogP contribution is -2.40. The van der Waals surface area contributed by atoms with E-state index in [1.54, 1.807) is 47.0 Å². The van der Waals surface area contributed by atoms with E-state index < -0.39 is 11.4 Å². The van der Waals surface area contributed by atoms with Gasteiger partial charge in [-0.15, -0.1) is 0 Å². The molecule has 0 radical (unpaired) electrons. The second-order valence-corrected chi connectivity index (χ2v) is 10.5. The second-order valence-electron chi connectivity index (χ2n) is 10.5. The van der Waals surface area contributed by atoms with Gasteiger partial charge in [0.15, 0.2) is 5.65 Å². The van der Waals surface area contributed by atoms with Gasteiger partial charge in [-0.1, -0.05) is 18.2 Å². The molecule has 210 valence electrons. The Morgan fingerprint density at radius 1 is 1.24 bits per heavy atom. The number of carbonyl (C=O) groups is 1.